The lowest BCUT2D eigenvalue weighted by molar-refractivity contribution is -0.121. The third-order valence-corrected chi connectivity index (χ3v) is 5.11. The van der Waals surface area contributed by atoms with Crippen LogP contribution < -0.4 is 4.90 Å². The molecule has 2 aromatic rings. The molecule has 0 fully saturated rings. The van der Waals surface area contributed by atoms with Gasteiger partial charge in [-0.1, -0.05) is 25.2 Å². The number of aryl methyl sites for hydroxylation is 1. The Hall–Kier alpha value is -1.40. The van der Waals surface area contributed by atoms with E-state index in [4.69, 9.17) is 0 Å². The van der Waals surface area contributed by atoms with Gasteiger partial charge in [-0.3, -0.25) is 9.78 Å². The average molecular weight is 335 g/mol. The minimum atomic E-state index is -0.0989. The number of pyridine rings is 1. The summed E-state index contributed by atoms with van der Waals surface area (Å²) in [5, 5.41) is 1.83. The number of carbonyl (C=O) groups is 1. The molecule has 0 saturated carbocycles. The lowest BCUT2D eigenvalue weighted by atomic mass is 10.2. The molecule has 0 aliphatic rings. The predicted octanol–water partition coefficient (Wildman–Crippen LogP) is 3.82. The molecule has 0 bridgehead atoms. The fourth-order valence-corrected chi connectivity index (χ4v) is 3.38. The molecule has 118 valence electrons. The molecule has 0 N–H and O–H groups in total. The highest BCUT2D eigenvalue weighted by atomic mass is 32.1. The zero-order valence-corrected chi connectivity index (χ0v) is 14.8. The Morgan fingerprint density at radius 3 is 2.86 bits per heavy atom. The summed E-state index contributed by atoms with van der Waals surface area (Å²) in [5.41, 5.74) is 1.87. The molecular weight excluding hydrogens is 314 g/mol. The maximum atomic E-state index is 12.6. The van der Waals surface area contributed by atoms with E-state index >= 15 is 0 Å². The van der Waals surface area contributed by atoms with Crippen LogP contribution in [0.2, 0.25) is 0 Å². The first-order valence-corrected chi connectivity index (χ1v) is 8.83. The van der Waals surface area contributed by atoms with Gasteiger partial charge >= 0.3 is 0 Å². The minimum absolute atomic E-state index is 0.0989. The van der Waals surface area contributed by atoms with E-state index in [0.29, 0.717) is 12.3 Å². The number of rotatable bonds is 6. The number of aromatic nitrogens is 2. The van der Waals surface area contributed by atoms with E-state index in [1.165, 1.54) is 0 Å². The van der Waals surface area contributed by atoms with E-state index in [1.807, 2.05) is 30.9 Å². The van der Waals surface area contributed by atoms with Gasteiger partial charge in [-0.15, -0.1) is 0 Å². The predicted molar refractivity (Wildman–Crippen MR) is 95.7 cm³/mol. The second kappa shape index (κ2) is 7.74. The highest BCUT2D eigenvalue weighted by Crippen LogP contribution is 2.35. The van der Waals surface area contributed by atoms with E-state index in [9.17, 15) is 4.79 Å². The van der Waals surface area contributed by atoms with Crippen molar-refractivity contribution >= 4 is 34.9 Å². The Bertz CT molecular complexity index is 628. The van der Waals surface area contributed by atoms with E-state index in [0.717, 1.165) is 27.7 Å². The van der Waals surface area contributed by atoms with Gasteiger partial charge in [-0.25, -0.2) is 4.98 Å². The van der Waals surface area contributed by atoms with Crippen LogP contribution >= 0.6 is 24.0 Å². The number of thiazole rings is 1. The van der Waals surface area contributed by atoms with Crippen LogP contribution in [0.3, 0.4) is 0 Å². The lowest BCUT2D eigenvalue weighted by Gasteiger charge is -2.23. The van der Waals surface area contributed by atoms with Gasteiger partial charge in [-0.2, -0.15) is 12.6 Å². The van der Waals surface area contributed by atoms with Crippen molar-refractivity contribution in [3.63, 3.8) is 0 Å². The summed E-state index contributed by atoms with van der Waals surface area (Å²) >= 11 is 5.80. The molecule has 2 aromatic heterocycles. The van der Waals surface area contributed by atoms with Crippen molar-refractivity contribution in [2.75, 3.05) is 17.2 Å². The summed E-state index contributed by atoms with van der Waals surface area (Å²) in [4.78, 5) is 23.2. The van der Waals surface area contributed by atoms with Gasteiger partial charge < -0.3 is 4.90 Å². The number of anilines is 1. The number of carbonyl (C=O) groups excluding carboxylic acids is 1. The first-order chi connectivity index (χ1) is 10.6. The number of hydrogen-bond acceptors (Lipinski definition) is 5. The van der Waals surface area contributed by atoms with Crippen molar-refractivity contribution in [1.82, 2.24) is 9.97 Å². The van der Waals surface area contributed by atoms with Crippen molar-refractivity contribution in [3.05, 3.63) is 30.2 Å². The van der Waals surface area contributed by atoms with Crippen molar-refractivity contribution in [2.45, 2.75) is 27.2 Å². The standard InChI is InChI=1S/C16H21N3OS2/c1-4-8-19(15(20)11(2)10-21)16-12(3)18-14(22-16)13-6-5-7-17-9-13/h5-7,9,11,21H,4,8,10H2,1-3H3. The maximum Gasteiger partial charge on any atom is 0.231 e. The molecule has 2 rings (SSSR count). The van der Waals surface area contributed by atoms with Gasteiger partial charge in [0.1, 0.15) is 10.0 Å². The van der Waals surface area contributed by atoms with Gasteiger partial charge in [0.2, 0.25) is 5.91 Å². The van der Waals surface area contributed by atoms with Crippen LogP contribution in [0.4, 0.5) is 5.00 Å². The van der Waals surface area contributed by atoms with Crippen LogP contribution in [0.5, 0.6) is 0 Å². The van der Waals surface area contributed by atoms with Crippen LogP contribution in [-0.2, 0) is 4.79 Å². The fourth-order valence-electron chi connectivity index (χ4n) is 2.13. The zero-order chi connectivity index (χ0) is 16.1. The quantitative estimate of drug-likeness (QED) is 0.816. The molecule has 22 heavy (non-hydrogen) atoms. The van der Waals surface area contributed by atoms with Crippen LogP contribution in [0, 0.1) is 12.8 Å². The monoisotopic (exact) mass is 335 g/mol. The second-order valence-corrected chi connectivity index (χ2v) is 6.57. The number of hydrogen-bond donors (Lipinski definition) is 1. The van der Waals surface area contributed by atoms with Gasteiger partial charge in [0.25, 0.3) is 0 Å². The highest BCUT2D eigenvalue weighted by molar-refractivity contribution is 7.80. The topological polar surface area (TPSA) is 46.1 Å². The van der Waals surface area contributed by atoms with Gasteiger partial charge in [-0.05, 0) is 25.5 Å². The summed E-state index contributed by atoms with van der Waals surface area (Å²) in [5.74, 6) is 0.561. The third-order valence-electron chi connectivity index (χ3n) is 3.33. The Morgan fingerprint density at radius 2 is 2.27 bits per heavy atom. The maximum absolute atomic E-state index is 12.6. The van der Waals surface area contributed by atoms with E-state index < -0.39 is 0 Å². The summed E-state index contributed by atoms with van der Waals surface area (Å²) in [6, 6.07) is 3.88. The average Bonchev–Trinajstić information content (AvgIpc) is 2.93. The number of nitrogens with zero attached hydrogens (tertiary/aromatic N) is 3. The fraction of sp³-hybridized carbons (Fsp3) is 0.438. The summed E-state index contributed by atoms with van der Waals surface area (Å²) in [6.07, 6.45) is 4.45. The Morgan fingerprint density at radius 1 is 1.50 bits per heavy atom. The lowest BCUT2D eigenvalue weighted by Crippen LogP contribution is -2.36. The first-order valence-electron chi connectivity index (χ1n) is 7.38. The van der Waals surface area contributed by atoms with Crippen molar-refractivity contribution < 1.29 is 4.79 Å². The Kier molecular flexibility index (Phi) is 5.97. The van der Waals surface area contributed by atoms with Gasteiger partial charge in [0.15, 0.2) is 0 Å². The zero-order valence-electron chi connectivity index (χ0n) is 13.1. The summed E-state index contributed by atoms with van der Waals surface area (Å²) in [7, 11) is 0. The molecule has 0 radical (unpaired) electrons. The van der Waals surface area contributed by atoms with E-state index in [1.54, 1.807) is 23.7 Å². The normalized spacial score (nSPS) is 12.2. The molecule has 1 unspecified atom stereocenters. The molecule has 0 saturated heterocycles. The number of amides is 1. The van der Waals surface area contributed by atoms with Gasteiger partial charge in [0.05, 0.1) is 5.69 Å². The van der Waals surface area contributed by atoms with E-state index in [2.05, 4.69) is 29.5 Å². The largest absolute Gasteiger partial charge is 0.302 e. The molecule has 0 aromatic carbocycles. The number of thiol groups is 1. The van der Waals surface area contributed by atoms with Crippen LogP contribution in [0.15, 0.2) is 24.5 Å². The SMILES string of the molecule is CCCN(C(=O)C(C)CS)c1sc(-c2cccnc2)nc1C. The Labute approximate surface area is 141 Å². The minimum Gasteiger partial charge on any atom is -0.302 e. The highest BCUT2D eigenvalue weighted by Gasteiger charge is 2.24. The van der Waals surface area contributed by atoms with Crippen molar-refractivity contribution in [2.24, 2.45) is 5.92 Å². The summed E-state index contributed by atoms with van der Waals surface area (Å²) < 4.78 is 0. The van der Waals surface area contributed by atoms with Gasteiger partial charge in [0, 0.05) is 36.2 Å². The molecule has 0 aliphatic heterocycles. The molecule has 0 aliphatic carbocycles. The molecule has 1 amide bonds. The summed E-state index contributed by atoms with van der Waals surface area (Å²) in [6.45, 7) is 6.64. The van der Waals surface area contributed by atoms with Crippen LogP contribution in [0.25, 0.3) is 10.6 Å². The molecule has 6 heteroatoms. The van der Waals surface area contributed by atoms with Crippen molar-refractivity contribution in [1.29, 1.82) is 0 Å². The molecule has 4 nitrogen and oxygen atoms in total. The first kappa shape index (κ1) is 17.0. The molecule has 2 heterocycles. The van der Waals surface area contributed by atoms with E-state index in [-0.39, 0.29) is 11.8 Å². The Balaban J connectivity index is 2.36. The third kappa shape index (κ3) is 3.67. The van der Waals surface area contributed by atoms with Crippen LogP contribution in [0.1, 0.15) is 26.0 Å². The smallest absolute Gasteiger partial charge is 0.231 e. The second-order valence-electron chi connectivity index (χ2n) is 5.22. The van der Waals surface area contributed by atoms with Crippen LogP contribution in [-0.4, -0.2) is 28.2 Å². The van der Waals surface area contributed by atoms with Crippen molar-refractivity contribution in [3.8, 4) is 10.6 Å². The molecular formula is C16H21N3OS2. The molecule has 1 atom stereocenters. The molecule has 0 spiro atoms.